The molecule has 7 nitrogen and oxygen atoms in total. The minimum Gasteiger partial charge on any atom is -0.497 e. The number of nitrogens with zero attached hydrogens (tertiary/aromatic N) is 1. The van der Waals surface area contributed by atoms with Gasteiger partial charge in [0.25, 0.3) is 5.91 Å². The van der Waals surface area contributed by atoms with Crippen LogP contribution >= 0.6 is 0 Å². The van der Waals surface area contributed by atoms with Crippen LogP contribution in [-0.4, -0.2) is 39.5 Å². The second-order valence-corrected chi connectivity index (χ2v) is 9.85. The third-order valence-corrected chi connectivity index (χ3v) is 6.70. The summed E-state index contributed by atoms with van der Waals surface area (Å²) in [4.78, 5) is 14.3. The number of benzene rings is 3. The van der Waals surface area contributed by atoms with Crippen molar-refractivity contribution < 1.29 is 40.0 Å². The van der Waals surface area contributed by atoms with Crippen molar-refractivity contribution in [2.24, 2.45) is 0 Å². The van der Waals surface area contributed by atoms with Gasteiger partial charge in [-0.1, -0.05) is 18.2 Å². The Bertz CT molecular complexity index is 1360. The summed E-state index contributed by atoms with van der Waals surface area (Å²) >= 11 is 0. The molecule has 198 valence electrons. The van der Waals surface area contributed by atoms with E-state index in [9.17, 15) is 26.4 Å². The predicted octanol–water partition coefficient (Wildman–Crippen LogP) is 5.54. The Morgan fingerprint density at radius 1 is 0.919 bits per heavy atom. The lowest BCUT2D eigenvalue weighted by atomic mass is 10.1. The Morgan fingerprint density at radius 3 is 2.14 bits per heavy atom. The smallest absolute Gasteiger partial charge is 0.416 e. The lowest BCUT2D eigenvalue weighted by Gasteiger charge is -2.28. The van der Waals surface area contributed by atoms with Crippen LogP contribution in [0, 0.1) is 0 Å². The molecule has 0 fully saturated rings. The molecule has 1 amide bonds. The Labute approximate surface area is 213 Å². The molecule has 0 heterocycles. The van der Waals surface area contributed by atoms with Gasteiger partial charge in [-0.2, -0.15) is 21.6 Å². The summed E-state index contributed by atoms with van der Waals surface area (Å²) in [6.45, 7) is 3.91. The average Bonchev–Trinajstić information content (AvgIpc) is 2.86. The molecule has 0 saturated carbocycles. The number of carbonyl (C=O) groups is 1. The zero-order valence-corrected chi connectivity index (χ0v) is 21.4. The highest BCUT2D eigenvalue weighted by molar-refractivity contribution is 7.87. The van der Waals surface area contributed by atoms with Crippen molar-refractivity contribution in [3.8, 4) is 17.2 Å². The highest BCUT2D eigenvalue weighted by Crippen LogP contribution is 2.31. The maximum Gasteiger partial charge on any atom is 0.416 e. The summed E-state index contributed by atoms with van der Waals surface area (Å²) < 4.78 is 79.5. The maximum absolute atomic E-state index is 13.3. The molecule has 0 unspecified atom stereocenters. The van der Waals surface area contributed by atoms with Crippen molar-refractivity contribution in [3.05, 3.63) is 83.4 Å². The van der Waals surface area contributed by atoms with E-state index in [1.165, 1.54) is 26.4 Å². The topological polar surface area (TPSA) is 82.1 Å². The van der Waals surface area contributed by atoms with E-state index in [4.69, 9.17) is 13.7 Å². The molecule has 0 aromatic heterocycles. The van der Waals surface area contributed by atoms with Gasteiger partial charge in [-0.05, 0) is 61.9 Å². The van der Waals surface area contributed by atoms with Crippen LogP contribution in [0.15, 0.2) is 71.6 Å². The van der Waals surface area contributed by atoms with Gasteiger partial charge in [0, 0.05) is 18.7 Å². The van der Waals surface area contributed by atoms with Crippen LogP contribution in [-0.2, 0) is 22.8 Å². The molecule has 3 aromatic carbocycles. The number of hydrogen-bond acceptors (Lipinski definition) is 6. The molecule has 0 aliphatic rings. The van der Waals surface area contributed by atoms with Crippen LogP contribution in [0.5, 0.6) is 17.2 Å². The second-order valence-electron chi connectivity index (χ2n) is 8.30. The first kappa shape index (κ1) is 27.9. The molecule has 0 aliphatic heterocycles. The van der Waals surface area contributed by atoms with Gasteiger partial charge in [0.2, 0.25) is 0 Å². The monoisotopic (exact) mass is 537 g/mol. The van der Waals surface area contributed by atoms with Crippen molar-refractivity contribution >= 4 is 16.0 Å². The lowest BCUT2D eigenvalue weighted by molar-refractivity contribution is -0.137. The van der Waals surface area contributed by atoms with Crippen molar-refractivity contribution in [1.82, 2.24) is 4.90 Å². The number of methoxy groups -OCH3 is 2. The van der Waals surface area contributed by atoms with Crippen LogP contribution in [0.25, 0.3) is 0 Å². The largest absolute Gasteiger partial charge is 0.497 e. The molecule has 3 rings (SSSR count). The quantitative estimate of drug-likeness (QED) is 0.334. The summed E-state index contributed by atoms with van der Waals surface area (Å²) in [6.07, 6.45) is -4.69. The minimum absolute atomic E-state index is 0.0830. The van der Waals surface area contributed by atoms with Gasteiger partial charge in [-0.3, -0.25) is 4.79 Å². The molecule has 0 bridgehead atoms. The van der Waals surface area contributed by atoms with E-state index < -0.39 is 26.8 Å². The van der Waals surface area contributed by atoms with Crippen LogP contribution in [0.1, 0.15) is 35.3 Å². The zero-order chi connectivity index (χ0) is 27.4. The van der Waals surface area contributed by atoms with Gasteiger partial charge in [-0.15, -0.1) is 0 Å². The van der Waals surface area contributed by atoms with Gasteiger partial charge >= 0.3 is 16.3 Å². The SMILES string of the molecule is COc1ccc(C(=O)N(Cc2ccc(OS(=O)(=O)c3cccc(C(F)(F)F)c3)cc2)C(C)C)c(OC)c1. The van der Waals surface area contributed by atoms with E-state index in [-0.39, 0.29) is 24.2 Å². The second kappa shape index (κ2) is 11.1. The predicted molar refractivity (Wildman–Crippen MR) is 130 cm³/mol. The molecule has 0 N–H and O–H groups in total. The molecule has 0 radical (unpaired) electrons. The first-order valence-electron chi connectivity index (χ1n) is 11.1. The number of alkyl halides is 3. The fourth-order valence-corrected chi connectivity index (χ4v) is 4.45. The number of hydrogen-bond donors (Lipinski definition) is 0. The molecule has 0 saturated heterocycles. The Balaban J connectivity index is 1.78. The number of halogens is 3. The van der Waals surface area contributed by atoms with E-state index in [0.717, 1.165) is 18.2 Å². The fraction of sp³-hybridized carbons (Fsp3) is 0.269. The summed E-state index contributed by atoms with van der Waals surface area (Å²) in [7, 11) is -1.53. The van der Waals surface area contributed by atoms with Gasteiger partial charge < -0.3 is 18.6 Å². The highest BCUT2D eigenvalue weighted by atomic mass is 32.2. The minimum atomic E-state index is -4.69. The van der Waals surface area contributed by atoms with E-state index in [0.29, 0.717) is 28.7 Å². The molecule has 0 spiro atoms. The Morgan fingerprint density at radius 2 is 1.57 bits per heavy atom. The molecule has 0 aliphatic carbocycles. The third kappa shape index (κ3) is 6.73. The van der Waals surface area contributed by atoms with E-state index in [1.807, 2.05) is 13.8 Å². The highest BCUT2D eigenvalue weighted by Gasteiger charge is 2.32. The van der Waals surface area contributed by atoms with Crippen molar-refractivity contribution in [2.75, 3.05) is 14.2 Å². The average molecular weight is 538 g/mol. The van der Waals surface area contributed by atoms with Crippen LogP contribution in [0.3, 0.4) is 0 Å². The maximum atomic E-state index is 13.3. The molecule has 11 heteroatoms. The molecular weight excluding hydrogens is 511 g/mol. The summed E-state index contributed by atoms with van der Waals surface area (Å²) in [5.41, 5.74) is -0.0677. The Kier molecular flexibility index (Phi) is 8.37. The molecule has 3 aromatic rings. The molecular formula is C26H26F3NO6S. The normalized spacial score (nSPS) is 11.8. The third-order valence-electron chi connectivity index (χ3n) is 5.46. The van der Waals surface area contributed by atoms with Gasteiger partial charge in [-0.25, -0.2) is 0 Å². The standard InChI is InChI=1S/C26H26F3NO6S/c1-17(2)30(25(31)23-13-12-21(34-3)15-24(23)35-4)16-18-8-10-20(11-9-18)36-37(32,33)22-7-5-6-19(14-22)26(27,28)29/h5-15,17H,16H2,1-4H3. The lowest BCUT2D eigenvalue weighted by Crippen LogP contribution is -2.36. The van der Waals surface area contributed by atoms with E-state index in [2.05, 4.69) is 0 Å². The number of ether oxygens (including phenoxy) is 2. The van der Waals surface area contributed by atoms with Crippen molar-refractivity contribution in [3.63, 3.8) is 0 Å². The number of rotatable bonds is 9. The van der Waals surface area contributed by atoms with Crippen LogP contribution in [0.4, 0.5) is 13.2 Å². The van der Waals surface area contributed by atoms with Crippen LogP contribution < -0.4 is 13.7 Å². The van der Waals surface area contributed by atoms with Gasteiger partial charge in [0.05, 0.1) is 25.3 Å². The first-order valence-corrected chi connectivity index (χ1v) is 12.5. The number of amides is 1. The van der Waals surface area contributed by atoms with Crippen LogP contribution in [0.2, 0.25) is 0 Å². The van der Waals surface area contributed by atoms with Gasteiger partial charge in [0.15, 0.2) is 0 Å². The Hall–Kier alpha value is -3.73. The number of carbonyl (C=O) groups excluding carboxylic acids is 1. The summed E-state index contributed by atoms with van der Waals surface area (Å²) in [6, 6.07) is 13.9. The molecule has 37 heavy (non-hydrogen) atoms. The van der Waals surface area contributed by atoms with E-state index in [1.54, 1.807) is 35.2 Å². The van der Waals surface area contributed by atoms with E-state index >= 15 is 0 Å². The molecule has 0 atom stereocenters. The summed E-state index contributed by atoms with van der Waals surface area (Å²) in [5.74, 6) is 0.543. The summed E-state index contributed by atoms with van der Waals surface area (Å²) in [5, 5.41) is 0. The zero-order valence-electron chi connectivity index (χ0n) is 20.6. The van der Waals surface area contributed by atoms with Gasteiger partial charge in [0.1, 0.15) is 22.1 Å². The fourth-order valence-electron chi connectivity index (χ4n) is 3.47. The first-order chi connectivity index (χ1) is 17.4. The van der Waals surface area contributed by atoms with Crippen molar-refractivity contribution in [1.29, 1.82) is 0 Å². The van der Waals surface area contributed by atoms with Crippen molar-refractivity contribution in [2.45, 2.75) is 37.5 Å².